The summed E-state index contributed by atoms with van der Waals surface area (Å²) in [6.07, 6.45) is 43.8. The number of aliphatic carboxylic acids is 1. The van der Waals surface area contributed by atoms with E-state index < -0.39 is 18.1 Å². The van der Waals surface area contributed by atoms with Crippen LogP contribution in [-0.2, 0) is 28.6 Å². The summed E-state index contributed by atoms with van der Waals surface area (Å²) in [5.74, 6) is -1.54. The number of carboxylic acids is 1. The number of quaternary nitrogens is 1. The molecule has 0 saturated heterocycles. The molecule has 2 atom stereocenters. The van der Waals surface area contributed by atoms with Crippen molar-refractivity contribution in [2.75, 3.05) is 41.0 Å². The molecule has 0 aromatic carbocycles. The number of unbranched alkanes of at least 4 members (excludes halogenated alkanes) is 9. The van der Waals surface area contributed by atoms with Crippen molar-refractivity contribution in [3.8, 4) is 0 Å². The van der Waals surface area contributed by atoms with Gasteiger partial charge in [-0.15, -0.1) is 0 Å². The van der Waals surface area contributed by atoms with Gasteiger partial charge in [-0.1, -0.05) is 119 Å². The number of nitrogens with zero attached hydrogens (tertiary/aromatic N) is 1. The molecule has 0 aliphatic carbocycles. The molecule has 8 nitrogen and oxygen atoms in total. The molecule has 8 heteroatoms. The molecule has 0 fully saturated rings. The third kappa shape index (κ3) is 34.3. The number of hydrogen-bond donors (Lipinski definition) is 1. The van der Waals surface area contributed by atoms with Gasteiger partial charge < -0.3 is 23.8 Å². The lowest BCUT2D eigenvalue weighted by Crippen LogP contribution is -2.50. The number of carboxylic acid groups (broad SMARTS) is 1. The second-order valence-electron chi connectivity index (χ2n) is 14.5. The average molecular weight is 743 g/mol. The van der Waals surface area contributed by atoms with Gasteiger partial charge in [0.1, 0.15) is 6.61 Å². The predicted octanol–water partition coefficient (Wildman–Crippen LogP) is 10.8. The van der Waals surface area contributed by atoms with Crippen LogP contribution in [0.1, 0.15) is 142 Å². The van der Waals surface area contributed by atoms with E-state index in [1.807, 2.05) is 21.1 Å². The molecule has 0 spiro atoms. The van der Waals surface area contributed by atoms with Crippen LogP contribution >= 0.6 is 0 Å². The summed E-state index contributed by atoms with van der Waals surface area (Å²) >= 11 is 0. The summed E-state index contributed by atoms with van der Waals surface area (Å²) in [6.45, 7) is 4.49. The van der Waals surface area contributed by atoms with E-state index in [9.17, 15) is 19.5 Å². The standard InChI is InChI=1S/C45H75NO7/c1-6-8-10-12-14-16-18-19-20-21-22-23-24-25-26-28-30-32-34-36-44(48)53-41(39-51-38-37-42(45(49)50)46(3,4)5)40-52-43(47)35-33-31-29-27-17-15-13-11-9-7-2/h8,10-11,13-14,16,19-20,22-23,25-26,41-42H,6-7,9,12,15,17-18,21,24,27-40H2,1-5H3/p+1/b10-8-,13-11-,16-14-,20-19-,23-22-,26-25-. The van der Waals surface area contributed by atoms with Gasteiger partial charge in [0.05, 0.1) is 34.4 Å². The molecule has 0 aliphatic heterocycles. The zero-order valence-electron chi connectivity index (χ0n) is 34.2. The maximum Gasteiger partial charge on any atom is 0.362 e. The van der Waals surface area contributed by atoms with Crippen molar-refractivity contribution in [1.82, 2.24) is 0 Å². The van der Waals surface area contributed by atoms with Crippen molar-refractivity contribution >= 4 is 17.9 Å². The minimum atomic E-state index is -0.886. The Morgan fingerprint density at radius 1 is 0.585 bits per heavy atom. The van der Waals surface area contributed by atoms with Crippen molar-refractivity contribution in [3.05, 3.63) is 72.9 Å². The van der Waals surface area contributed by atoms with E-state index >= 15 is 0 Å². The van der Waals surface area contributed by atoms with Crippen LogP contribution in [-0.4, -0.2) is 80.6 Å². The number of ether oxygens (including phenoxy) is 3. The van der Waals surface area contributed by atoms with Crippen molar-refractivity contribution in [2.24, 2.45) is 0 Å². The van der Waals surface area contributed by atoms with Gasteiger partial charge in [0.2, 0.25) is 0 Å². The fourth-order valence-corrected chi connectivity index (χ4v) is 5.41. The molecule has 0 radical (unpaired) electrons. The van der Waals surface area contributed by atoms with E-state index in [1.54, 1.807) is 0 Å². The van der Waals surface area contributed by atoms with Crippen LogP contribution in [0, 0.1) is 0 Å². The first-order valence-electron chi connectivity index (χ1n) is 20.5. The second kappa shape index (κ2) is 35.8. The quantitative estimate of drug-likeness (QED) is 0.0299. The van der Waals surface area contributed by atoms with Crippen LogP contribution in [0.25, 0.3) is 0 Å². The Labute approximate surface area is 323 Å². The number of rotatable bonds is 35. The first-order valence-corrected chi connectivity index (χ1v) is 20.5. The minimum Gasteiger partial charge on any atom is -0.477 e. The molecule has 0 aromatic heterocycles. The molecule has 2 unspecified atom stereocenters. The topological polar surface area (TPSA) is 99.1 Å². The number of carbonyl (C=O) groups excluding carboxylic acids is 2. The highest BCUT2D eigenvalue weighted by molar-refractivity contribution is 5.72. The van der Waals surface area contributed by atoms with Gasteiger partial charge in [-0.25, -0.2) is 4.79 Å². The minimum absolute atomic E-state index is 0.0409. The zero-order chi connectivity index (χ0) is 39.3. The molecule has 0 rings (SSSR count). The van der Waals surface area contributed by atoms with Crippen LogP contribution in [0.15, 0.2) is 72.9 Å². The lowest BCUT2D eigenvalue weighted by molar-refractivity contribution is -0.887. The Balaban J connectivity index is 4.45. The van der Waals surface area contributed by atoms with Crippen LogP contribution in [0.5, 0.6) is 0 Å². The van der Waals surface area contributed by atoms with Crippen molar-refractivity contribution in [3.63, 3.8) is 0 Å². The second-order valence-corrected chi connectivity index (χ2v) is 14.5. The van der Waals surface area contributed by atoms with E-state index in [1.165, 1.54) is 12.8 Å². The number of esters is 2. The number of carbonyl (C=O) groups is 3. The first-order chi connectivity index (χ1) is 25.6. The van der Waals surface area contributed by atoms with Gasteiger partial charge in [-0.2, -0.15) is 0 Å². The highest BCUT2D eigenvalue weighted by atomic mass is 16.6. The molecule has 0 bridgehead atoms. The van der Waals surface area contributed by atoms with Crippen molar-refractivity contribution in [1.29, 1.82) is 0 Å². The Hall–Kier alpha value is -3.23. The maximum absolute atomic E-state index is 12.7. The van der Waals surface area contributed by atoms with Gasteiger partial charge in [0.15, 0.2) is 12.1 Å². The number of likely N-dealkylation sites (N-methyl/N-ethyl adjacent to an activating group) is 1. The molecule has 0 saturated carbocycles. The largest absolute Gasteiger partial charge is 0.477 e. The maximum atomic E-state index is 12.7. The summed E-state index contributed by atoms with van der Waals surface area (Å²) in [7, 11) is 5.49. The van der Waals surface area contributed by atoms with Gasteiger partial charge >= 0.3 is 17.9 Å². The summed E-state index contributed by atoms with van der Waals surface area (Å²) in [5.41, 5.74) is 0. The smallest absolute Gasteiger partial charge is 0.362 e. The SMILES string of the molecule is CC/C=C\C/C=C\C/C=C\C/C=C\C/C=C\CCCCCC(=O)OC(COCCC(C(=O)O)[N+](C)(C)C)COC(=O)CCCCCCC/C=C\CCC. The molecular formula is C45H76NO7+. The Bertz CT molecular complexity index is 1100. The van der Waals surface area contributed by atoms with E-state index in [0.717, 1.165) is 96.3 Å². The molecule has 302 valence electrons. The summed E-state index contributed by atoms with van der Waals surface area (Å²) in [6, 6.07) is -0.624. The van der Waals surface area contributed by atoms with Crippen molar-refractivity contribution in [2.45, 2.75) is 154 Å². The lowest BCUT2D eigenvalue weighted by Gasteiger charge is -2.31. The third-order valence-corrected chi connectivity index (χ3v) is 8.57. The highest BCUT2D eigenvalue weighted by Gasteiger charge is 2.31. The highest BCUT2D eigenvalue weighted by Crippen LogP contribution is 2.12. The molecule has 1 N–H and O–H groups in total. The molecule has 0 aromatic rings. The van der Waals surface area contributed by atoms with E-state index in [0.29, 0.717) is 12.8 Å². The fourth-order valence-electron chi connectivity index (χ4n) is 5.41. The van der Waals surface area contributed by atoms with Gasteiger partial charge in [-0.3, -0.25) is 9.59 Å². The van der Waals surface area contributed by atoms with E-state index in [2.05, 4.69) is 86.8 Å². The van der Waals surface area contributed by atoms with E-state index in [-0.39, 0.29) is 42.7 Å². The number of allylic oxidation sites excluding steroid dienone is 12. The monoisotopic (exact) mass is 743 g/mol. The van der Waals surface area contributed by atoms with Gasteiger partial charge in [0.25, 0.3) is 0 Å². The van der Waals surface area contributed by atoms with E-state index in [4.69, 9.17) is 14.2 Å². The molecular weight excluding hydrogens is 666 g/mol. The van der Waals surface area contributed by atoms with Crippen LogP contribution in [0.3, 0.4) is 0 Å². The predicted molar refractivity (Wildman–Crippen MR) is 220 cm³/mol. The summed E-state index contributed by atoms with van der Waals surface area (Å²) in [4.78, 5) is 36.8. The first kappa shape index (κ1) is 49.8. The van der Waals surface area contributed by atoms with Crippen molar-refractivity contribution < 1.29 is 38.2 Å². The number of hydrogen-bond acceptors (Lipinski definition) is 6. The van der Waals surface area contributed by atoms with Gasteiger partial charge in [0, 0.05) is 19.3 Å². The molecule has 53 heavy (non-hydrogen) atoms. The van der Waals surface area contributed by atoms with Gasteiger partial charge in [-0.05, 0) is 77.0 Å². The normalized spacial score (nSPS) is 13.8. The average Bonchev–Trinajstić information content (AvgIpc) is 3.11. The Morgan fingerprint density at radius 2 is 1.06 bits per heavy atom. The third-order valence-electron chi connectivity index (χ3n) is 8.57. The van der Waals surface area contributed by atoms with Crippen LogP contribution in [0.2, 0.25) is 0 Å². The van der Waals surface area contributed by atoms with Crippen LogP contribution < -0.4 is 0 Å². The van der Waals surface area contributed by atoms with Crippen LogP contribution in [0.4, 0.5) is 0 Å². The lowest BCUT2D eigenvalue weighted by atomic mass is 10.1. The molecule has 0 aliphatic rings. The Kier molecular flexibility index (Phi) is 33.6. The summed E-state index contributed by atoms with van der Waals surface area (Å²) < 4.78 is 17.2. The molecule has 0 heterocycles. The Morgan fingerprint density at radius 3 is 1.60 bits per heavy atom. The fraction of sp³-hybridized carbons (Fsp3) is 0.667. The summed E-state index contributed by atoms with van der Waals surface area (Å²) in [5, 5.41) is 9.59. The molecule has 0 amide bonds. The zero-order valence-corrected chi connectivity index (χ0v) is 34.2.